The zero-order valence-electron chi connectivity index (χ0n) is 8.83. The summed E-state index contributed by atoms with van der Waals surface area (Å²) in [6, 6.07) is 4.71. The van der Waals surface area contributed by atoms with E-state index in [1.165, 1.54) is 18.5 Å². The zero-order chi connectivity index (χ0) is 9.97. The number of likely N-dealkylation sites (tertiary alicyclic amines) is 1. The quantitative estimate of drug-likeness (QED) is 0.768. The van der Waals surface area contributed by atoms with Crippen LogP contribution in [0.15, 0.2) is 18.3 Å². The molecule has 0 amide bonds. The second-order valence-electron chi connectivity index (χ2n) is 4.11. The molecule has 1 aliphatic heterocycles. The van der Waals surface area contributed by atoms with Crippen molar-refractivity contribution in [3.05, 3.63) is 23.9 Å². The molecule has 14 heavy (non-hydrogen) atoms. The smallest absolute Gasteiger partial charge is 0.126 e. The molecule has 1 atom stereocenters. The summed E-state index contributed by atoms with van der Waals surface area (Å²) in [4.78, 5) is 6.68. The molecule has 76 valence electrons. The number of anilines is 1. The van der Waals surface area contributed by atoms with Crippen molar-refractivity contribution in [3.63, 3.8) is 0 Å². The first-order valence-electron chi connectivity index (χ1n) is 5.12. The van der Waals surface area contributed by atoms with Crippen LogP contribution in [0.3, 0.4) is 0 Å². The molecule has 1 saturated heterocycles. The summed E-state index contributed by atoms with van der Waals surface area (Å²) in [5.74, 6) is 0.996. The number of aryl methyl sites for hydroxylation is 1. The third kappa shape index (κ3) is 2.23. The Bertz CT molecular complexity index is 294. The largest absolute Gasteiger partial charge is 0.366 e. The fourth-order valence-electron chi connectivity index (χ4n) is 1.82. The second kappa shape index (κ2) is 3.96. The number of rotatable bonds is 2. The van der Waals surface area contributed by atoms with Crippen molar-refractivity contribution in [1.82, 2.24) is 9.88 Å². The highest BCUT2D eigenvalue weighted by atomic mass is 15.2. The van der Waals surface area contributed by atoms with E-state index < -0.39 is 0 Å². The van der Waals surface area contributed by atoms with Gasteiger partial charge in [0.15, 0.2) is 0 Å². The Hall–Kier alpha value is -1.09. The number of nitrogens with one attached hydrogen (secondary N) is 1. The van der Waals surface area contributed by atoms with Crippen molar-refractivity contribution < 1.29 is 0 Å². The highest BCUT2D eigenvalue weighted by Crippen LogP contribution is 2.12. The van der Waals surface area contributed by atoms with Crippen molar-refractivity contribution >= 4 is 5.82 Å². The van der Waals surface area contributed by atoms with E-state index >= 15 is 0 Å². The molecule has 0 aliphatic carbocycles. The summed E-state index contributed by atoms with van der Waals surface area (Å²) in [7, 11) is 2.16. The fraction of sp³-hybridized carbons (Fsp3) is 0.545. The highest BCUT2D eigenvalue weighted by Gasteiger charge is 2.18. The van der Waals surface area contributed by atoms with Crippen LogP contribution in [-0.4, -0.2) is 36.1 Å². The molecular weight excluding hydrogens is 174 g/mol. The van der Waals surface area contributed by atoms with Crippen LogP contribution in [0.25, 0.3) is 0 Å². The molecule has 1 fully saturated rings. The Morgan fingerprint density at radius 3 is 2.93 bits per heavy atom. The van der Waals surface area contributed by atoms with E-state index in [1.54, 1.807) is 0 Å². The van der Waals surface area contributed by atoms with E-state index in [9.17, 15) is 0 Å². The number of hydrogen-bond donors (Lipinski definition) is 1. The van der Waals surface area contributed by atoms with Gasteiger partial charge in [0.1, 0.15) is 5.82 Å². The average Bonchev–Trinajstić information content (AvgIpc) is 2.56. The number of pyridine rings is 1. The third-order valence-electron chi connectivity index (χ3n) is 2.65. The van der Waals surface area contributed by atoms with Crippen LogP contribution in [0.1, 0.15) is 12.0 Å². The minimum Gasteiger partial charge on any atom is -0.366 e. The lowest BCUT2D eigenvalue weighted by molar-refractivity contribution is 0.414. The molecule has 1 aromatic heterocycles. The van der Waals surface area contributed by atoms with Gasteiger partial charge in [-0.2, -0.15) is 0 Å². The molecule has 2 rings (SSSR count). The fourth-order valence-corrected chi connectivity index (χ4v) is 1.82. The van der Waals surface area contributed by atoms with Gasteiger partial charge < -0.3 is 10.2 Å². The van der Waals surface area contributed by atoms with E-state index in [1.807, 2.05) is 12.3 Å². The molecule has 3 heteroatoms. The maximum atomic E-state index is 4.34. The van der Waals surface area contributed by atoms with Crippen LogP contribution < -0.4 is 5.32 Å². The molecule has 0 bridgehead atoms. The number of likely N-dealkylation sites (N-methyl/N-ethyl adjacent to an activating group) is 1. The summed E-state index contributed by atoms with van der Waals surface area (Å²) in [6.07, 6.45) is 3.12. The summed E-state index contributed by atoms with van der Waals surface area (Å²) in [6.45, 7) is 4.36. The topological polar surface area (TPSA) is 28.2 Å². The lowest BCUT2D eigenvalue weighted by atomic mass is 10.2. The molecule has 0 spiro atoms. The first-order valence-corrected chi connectivity index (χ1v) is 5.12. The van der Waals surface area contributed by atoms with Crippen LogP contribution in [0.2, 0.25) is 0 Å². The van der Waals surface area contributed by atoms with E-state index in [-0.39, 0.29) is 0 Å². The van der Waals surface area contributed by atoms with Crippen molar-refractivity contribution in [2.75, 3.05) is 25.5 Å². The molecule has 0 aromatic carbocycles. The Labute approximate surface area is 85.1 Å². The van der Waals surface area contributed by atoms with Crippen LogP contribution in [0.5, 0.6) is 0 Å². The molecule has 0 saturated carbocycles. The van der Waals surface area contributed by atoms with Gasteiger partial charge >= 0.3 is 0 Å². The molecule has 3 nitrogen and oxygen atoms in total. The van der Waals surface area contributed by atoms with Crippen molar-refractivity contribution in [2.45, 2.75) is 19.4 Å². The van der Waals surface area contributed by atoms with Gasteiger partial charge in [0.25, 0.3) is 0 Å². The second-order valence-corrected chi connectivity index (χ2v) is 4.11. The summed E-state index contributed by atoms with van der Waals surface area (Å²) in [5.41, 5.74) is 1.21. The first-order chi connectivity index (χ1) is 6.74. The van der Waals surface area contributed by atoms with E-state index in [0.29, 0.717) is 6.04 Å². The summed E-state index contributed by atoms with van der Waals surface area (Å²) < 4.78 is 0. The van der Waals surface area contributed by atoms with E-state index in [2.05, 4.69) is 35.2 Å². The lowest BCUT2D eigenvalue weighted by Gasteiger charge is -2.13. The van der Waals surface area contributed by atoms with Gasteiger partial charge in [0.2, 0.25) is 0 Å². The average molecular weight is 191 g/mol. The normalized spacial score (nSPS) is 22.6. The van der Waals surface area contributed by atoms with Gasteiger partial charge in [-0.15, -0.1) is 0 Å². The molecule has 1 aromatic rings. The van der Waals surface area contributed by atoms with Gasteiger partial charge in [-0.05, 0) is 38.6 Å². The van der Waals surface area contributed by atoms with Gasteiger partial charge in [-0.1, -0.05) is 6.07 Å². The highest BCUT2D eigenvalue weighted by molar-refractivity contribution is 5.36. The summed E-state index contributed by atoms with van der Waals surface area (Å²) >= 11 is 0. The van der Waals surface area contributed by atoms with Crippen LogP contribution in [-0.2, 0) is 0 Å². The molecule has 1 N–H and O–H groups in total. The Balaban J connectivity index is 1.94. The molecule has 1 aliphatic rings. The van der Waals surface area contributed by atoms with Crippen LogP contribution in [0.4, 0.5) is 5.82 Å². The molecule has 0 radical (unpaired) electrons. The maximum absolute atomic E-state index is 4.34. The first kappa shape index (κ1) is 9.46. The zero-order valence-corrected chi connectivity index (χ0v) is 8.83. The Kier molecular flexibility index (Phi) is 2.68. The van der Waals surface area contributed by atoms with Crippen molar-refractivity contribution in [3.8, 4) is 0 Å². The Morgan fingerprint density at radius 2 is 2.36 bits per heavy atom. The van der Waals surface area contributed by atoms with E-state index in [4.69, 9.17) is 0 Å². The third-order valence-corrected chi connectivity index (χ3v) is 2.65. The van der Waals surface area contributed by atoms with Gasteiger partial charge in [0.05, 0.1) is 0 Å². The van der Waals surface area contributed by atoms with E-state index in [0.717, 1.165) is 12.4 Å². The summed E-state index contributed by atoms with van der Waals surface area (Å²) in [5, 5.41) is 3.45. The van der Waals surface area contributed by atoms with Gasteiger partial charge in [0, 0.05) is 18.8 Å². The number of aromatic nitrogens is 1. The van der Waals surface area contributed by atoms with Crippen LogP contribution >= 0.6 is 0 Å². The standard InChI is InChI=1S/C11H17N3/c1-9-3-4-11(12-7-9)13-10-5-6-14(2)8-10/h3-4,7,10H,5-6,8H2,1-2H3,(H,12,13)/t10-/m1/s1. The number of hydrogen-bond acceptors (Lipinski definition) is 3. The SMILES string of the molecule is Cc1ccc(N[C@@H]2CCN(C)C2)nc1. The number of nitrogens with zero attached hydrogens (tertiary/aromatic N) is 2. The predicted octanol–water partition coefficient (Wildman–Crippen LogP) is 1.51. The Morgan fingerprint density at radius 1 is 1.50 bits per heavy atom. The van der Waals surface area contributed by atoms with Crippen molar-refractivity contribution in [2.24, 2.45) is 0 Å². The predicted molar refractivity (Wildman–Crippen MR) is 58.5 cm³/mol. The van der Waals surface area contributed by atoms with Gasteiger partial charge in [-0.3, -0.25) is 0 Å². The van der Waals surface area contributed by atoms with Crippen molar-refractivity contribution in [1.29, 1.82) is 0 Å². The molecule has 0 unspecified atom stereocenters. The van der Waals surface area contributed by atoms with Gasteiger partial charge in [-0.25, -0.2) is 4.98 Å². The lowest BCUT2D eigenvalue weighted by Crippen LogP contribution is -2.23. The minimum absolute atomic E-state index is 0.565. The van der Waals surface area contributed by atoms with Crippen LogP contribution in [0, 0.1) is 6.92 Å². The monoisotopic (exact) mass is 191 g/mol. The molecule has 2 heterocycles. The molecular formula is C11H17N3. The minimum atomic E-state index is 0.565. The maximum Gasteiger partial charge on any atom is 0.126 e.